The minimum Gasteiger partial charge on any atom is -0.478 e. The molecule has 2 N–H and O–H groups in total. The third kappa shape index (κ3) is 3.36. The molecule has 0 aliphatic carbocycles. The first-order chi connectivity index (χ1) is 9.90. The average Bonchev–Trinajstić information content (AvgIpc) is 2.43. The SMILES string of the molecule is O=C(O)c1ccc(NCc2cc(F)ccc2Br)c(F)c1F. The highest BCUT2D eigenvalue weighted by Crippen LogP contribution is 2.23. The van der Waals surface area contributed by atoms with Crippen molar-refractivity contribution >= 4 is 27.6 Å². The van der Waals surface area contributed by atoms with Gasteiger partial charge in [-0.1, -0.05) is 15.9 Å². The van der Waals surface area contributed by atoms with E-state index in [0.29, 0.717) is 10.0 Å². The minimum absolute atomic E-state index is 0.0428. The topological polar surface area (TPSA) is 49.3 Å². The molecule has 21 heavy (non-hydrogen) atoms. The van der Waals surface area contributed by atoms with Crippen molar-refractivity contribution in [2.24, 2.45) is 0 Å². The van der Waals surface area contributed by atoms with Crippen LogP contribution >= 0.6 is 15.9 Å². The third-order valence-corrected chi connectivity index (χ3v) is 3.56. The van der Waals surface area contributed by atoms with Crippen LogP contribution in [-0.4, -0.2) is 11.1 Å². The molecule has 0 fully saturated rings. The van der Waals surface area contributed by atoms with Crippen molar-refractivity contribution in [2.75, 3.05) is 5.32 Å². The van der Waals surface area contributed by atoms with E-state index in [-0.39, 0.29) is 12.2 Å². The lowest BCUT2D eigenvalue weighted by molar-refractivity contribution is 0.0690. The summed E-state index contributed by atoms with van der Waals surface area (Å²) in [6, 6.07) is 6.09. The molecule has 0 bridgehead atoms. The molecule has 0 saturated heterocycles. The predicted octanol–water partition coefficient (Wildman–Crippen LogP) is 4.18. The molecule has 0 spiro atoms. The van der Waals surface area contributed by atoms with Crippen LogP contribution in [0.2, 0.25) is 0 Å². The number of anilines is 1. The Labute approximate surface area is 126 Å². The number of carboxylic acids is 1. The van der Waals surface area contributed by atoms with Gasteiger partial charge in [0.25, 0.3) is 0 Å². The Morgan fingerprint density at radius 2 is 1.86 bits per heavy atom. The van der Waals surface area contributed by atoms with Gasteiger partial charge < -0.3 is 10.4 Å². The van der Waals surface area contributed by atoms with Crippen LogP contribution in [0.1, 0.15) is 15.9 Å². The lowest BCUT2D eigenvalue weighted by Gasteiger charge is -2.10. The van der Waals surface area contributed by atoms with Gasteiger partial charge in [0.05, 0.1) is 11.3 Å². The van der Waals surface area contributed by atoms with Crippen LogP contribution in [0.15, 0.2) is 34.8 Å². The van der Waals surface area contributed by atoms with Crippen LogP contribution in [0.3, 0.4) is 0 Å². The van der Waals surface area contributed by atoms with Crippen LogP contribution in [0.5, 0.6) is 0 Å². The molecule has 0 amide bonds. The smallest absolute Gasteiger partial charge is 0.338 e. The van der Waals surface area contributed by atoms with Gasteiger partial charge in [0, 0.05) is 11.0 Å². The van der Waals surface area contributed by atoms with E-state index in [4.69, 9.17) is 5.11 Å². The van der Waals surface area contributed by atoms with E-state index in [0.717, 1.165) is 12.1 Å². The molecule has 0 unspecified atom stereocenters. The van der Waals surface area contributed by atoms with E-state index in [2.05, 4.69) is 21.2 Å². The standard InChI is InChI=1S/C14H9BrF3NO2/c15-10-3-1-8(16)5-7(10)6-19-11-4-2-9(14(20)21)12(17)13(11)18/h1-5,19H,6H2,(H,20,21). The molecular weight excluding hydrogens is 351 g/mol. The summed E-state index contributed by atoms with van der Waals surface area (Å²) in [4.78, 5) is 10.7. The fourth-order valence-electron chi connectivity index (χ4n) is 1.72. The summed E-state index contributed by atoms with van der Waals surface area (Å²) >= 11 is 3.22. The Balaban J connectivity index is 2.23. The summed E-state index contributed by atoms with van der Waals surface area (Å²) in [5, 5.41) is 11.3. The number of benzene rings is 2. The summed E-state index contributed by atoms with van der Waals surface area (Å²) in [6.07, 6.45) is 0. The Bertz CT molecular complexity index is 707. The van der Waals surface area contributed by atoms with Gasteiger partial charge >= 0.3 is 5.97 Å². The van der Waals surface area contributed by atoms with Gasteiger partial charge in [-0.2, -0.15) is 0 Å². The van der Waals surface area contributed by atoms with Crippen LogP contribution in [0.25, 0.3) is 0 Å². The zero-order valence-corrected chi connectivity index (χ0v) is 12.0. The van der Waals surface area contributed by atoms with Crippen LogP contribution in [0.4, 0.5) is 18.9 Å². The highest BCUT2D eigenvalue weighted by Gasteiger charge is 2.17. The van der Waals surface area contributed by atoms with E-state index in [9.17, 15) is 18.0 Å². The second-order valence-electron chi connectivity index (χ2n) is 4.18. The van der Waals surface area contributed by atoms with Crippen LogP contribution in [0, 0.1) is 17.5 Å². The molecule has 0 atom stereocenters. The van der Waals surface area contributed by atoms with Gasteiger partial charge in [0.15, 0.2) is 11.6 Å². The number of nitrogens with one attached hydrogen (secondary N) is 1. The molecule has 2 rings (SSSR count). The van der Waals surface area contributed by atoms with Crippen molar-refractivity contribution in [3.63, 3.8) is 0 Å². The molecule has 2 aromatic carbocycles. The Morgan fingerprint density at radius 3 is 2.52 bits per heavy atom. The molecule has 0 aliphatic heterocycles. The third-order valence-electron chi connectivity index (χ3n) is 2.79. The summed E-state index contributed by atoms with van der Waals surface area (Å²) in [5.41, 5.74) is -0.434. The van der Waals surface area contributed by atoms with Gasteiger partial charge in [0.2, 0.25) is 0 Å². The minimum atomic E-state index is -1.55. The highest BCUT2D eigenvalue weighted by atomic mass is 79.9. The first kappa shape index (κ1) is 15.4. The number of aromatic carboxylic acids is 1. The van der Waals surface area contributed by atoms with E-state index < -0.39 is 29.0 Å². The number of carboxylic acid groups (broad SMARTS) is 1. The van der Waals surface area contributed by atoms with Crippen molar-refractivity contribution in [1.82, 2.24) is 0 Å². The maximum absolute atomic E-state index is 13.7. The molecular formula is C14H9BrF3NO2. The highest BCUT2D eigenvalue weighted by molar-refractivity contribution is 9.10. The molecule has 0 heterocycles. The first-order valence-corrected chi connectivity index (χ1v) is 6.58. The maximum Gasteiger partial charge on any atom is 0.338 e. The van der Waals surface area contributed by atoms with Gasteiger partial charge in [0.1, 0.15) is 5.82 Å². The number of hydrogen-bond donors (Lipinski definition) is 2. The van der Waals surface area contributed by atoms with E-state index in [1.54, 1.807) is 0 Å². The number of halogens is 4. The van der Waals surface area contributed by atoms with E-state index in [1.165, 1.54) is 18.2 Å². The van der Waals surface area contributed by atoms with Gasteiger partial charge in [-0.3, -0.25) is 0 Å². The summed E-state index contributed by atoms with van der Waals surface area (Å²) in [6.45, 7) is 0.0428. The fraction of sp³-hybridized carbons (Fsp3) is 0.0714. The second kappa shape index (κ2) is 6.17. The molecule has 3 nitrogen and oxygen atoms in total. The first-order valence-electron chi connectivity index (χ1n) is 5.79. The fourth-order valence-corrected chi connectivity index (χ4v) is 2.11. The molecule has 0 saturated carbocycles. The number of hydrogen-bond acceptors (Lipinski definition) is 2. The summed E-state index contributed by atoms with van der Waals surface area (Å²) in [7, 11) is 0. The van der Waals surface area contributed by atoms with Crippen LogP contribution < -0.4 is 5.32 Å². The molecule has 0 radical (unpaired) electrons. The predicted molar refractivity (Wildman–Crippen MR) is 74.7 cm³/mol. The largest absolute Gasteiger partial charge is 0.478 e. The van der Waals surface area contributed by atoms with Crippen molar-refractivity contribution < 1.29 is 23.1 Å². The summed E-state index contributed by atoms with van der Waals surface area (Å²) in [5.74, 6) is -4.73. The molecule has 110 valence electrons. The van der Waals surface area contributed by atoms with Crippen molar-refractivity contribution in [2.45, 2.75) is 6.54 Å². The van der Waals surface area contributed by atoms with E-state index in [1.807, 2.05) is 0 Å². The molecule has 2 aromatic rings. The lowest BCUT2D eigenvalue weighted by atomic mass is 10.1. The number of rotatable bonds is 4. The van der Waals surface area contributed by atoms with Gasteiger partial charge in [-0.25, -0.2) is 18.0 Å². The van der Waals surface area contributed by atoms with Gasteiger partial charge in [-0.15, -0.1) is 0 Å². The van der Waals surface area contributed by atoms with Crippen molar-refractivity contribution in [3.05, 3.63) is 63.4 Å². The zero-order valence-electron chi connectivity index (χ0n) is 10.5. The Hall–Kier alpha value is -2.02. The average molecular weight is 360 g/mol. The molecule has 0 aliphatic rings. The van der Waals surface area contributed by atoms with Crippen LogP contribution in [-0.2, 0) is 6.54 Å². The number of carbonyl (C=O) groups is 1. The maximum atomic E-state index is 13.7. The Kier molecular flexibility index (Phi) is 4.52. The second-order valence-corrected chi connectivity index (χ2v) is 5.04. The monoisotopic (exact) mass is 359 g/mol. The zero-order chi connectivity index (χ0) is 15.6. The van der Waals surface area contributed by atoms with E-state index >= 15 is 0 Å². The lowest BCUT2D eigenvalue weighted by Crippen LogP contribution is -2.08. The quantitative estimate of drug-likeness (QED) is 0.860. The molecule has 7 heteroatoms. The Morgan fingerprint density at radius 1 is 1.14 bits per heavy atom. The molecule has 0 aromatic heterocycles. The van der Waals surface area contributed by atoms with Crippen molar-refractivity contribution in [1.29, 1.82) is 0 Å². The normalized spacial score (nSPS) is 10.5. The summed E-state index contributed by atoms with van der Waals surface area (Å²) < 4.78 is 41.0. The van der Waals surface area contributed by atoms with Gasteiger partial charge in [-0.05, 0) is 35.9 Å². The van der Waals surface area contributed by atoms with Crippen molar-refractivity contribution in [3.8, 4) is 0 Å².